The van der Waals surface area contributed by atoms with Crippen LogP contribution >= 0.6 is 0 Å². The summed E-state index contributed by atoms with van der Waals surface area (Å²) in [7, 11) is 0. The van der Waals surface area contributed by atoms with Gasteiger partial charge in [-0.3, -0.25) is 9.59 Å². The fourth-order valence-electron chi connectivity index (χ4n) is 6.31. The van der Waals surface area contributed by atoms with Crippen LogP contribution in [0.3, 0.4) is 0 Å². The van der Waals surface area contributed by atoms with E-state index < -0.39 is 54.7 Å². The zero-order chi connectivity index (χ0) is 31.8. The Morgan fingerprint density at radius 3 is 2.40 bits per heavy atom. The van der Waals surface area contributed by atoms with Gasteiger partial charge in [0.2, 0.25) is 0 Å². The molecule has 4 heterocycles. The highest BCUT2D eigenvalue weighted by Crippen LogP contribution is 2.39. The molecule has 0 amide bonds. The van der Waals surface area contributed by atoms with Crippen LogP contribution in [0, 0.1) is 0 Å². The van der Waals surface area contributed by atoms with Gasteiger partial charge < -0.3 is 37.9 Å². The van der Waals surface area contributed by atoms with E-state index in [4.69, 9.17) is 37.9 Å². The van der Waals surface area contributed by atoms with Crippen LogP contribution in [0.4, 0.5) is 0 Å². The fraction of sp³-hybridized carbons (Fsp3) is 0.543. The zero-order valence-electron chi connectivity index (χ0n) is 25.9. The Morgan fingerprint density at radius 2 is 1.67 bits per heavy atom. The van der Waals surface area contributed by atoms with E-state index in [1.165, 1.54) is 13.8 Å². The summed E-state index contributed by atoms with van der Waals surface area (Å²) in [5.74, 6) is -0.935. The average molecular weight is 625 g/mol. The Morgan fingerprint density at radius 1 is 0.889 bits per heavy atom. The Labute approximate surface area is 264 Å². The first-order chi connectivity index (χ1) is 21.9. The lowest BCUT2D eigenvalue weighted by Gasteiger charge is -2.51. The summed E-state index contributed by atoms with van der Waals surface area (Å²) < 4.78 is 49.8. The van der Waals surface area contributed by atoms with Crippen molar-refractivity contribution in [1.82, 2.24) is 0 Å². The number of fused-ring (bicyclic) bond motifs is 2. The smallest absolute Gasteiger partial charge is 0.303 e. The Balaban J connectivity index is 1.33. The molecule has 4 aliphatic rings. The molecule has 10 heteroatoms. The summed E-state index contributed by atoms with van der Waals surface area (Å²) in [6.07, 6.45) is 7.88. The van der Waals surface area contributed by atoms with Crippen LogP contribution < -0.4 is 0 Å². The molecule has 2 saturated heterocycles. The molecule has 0 bridgehead atoms. The van der Waals surface area contributed by atoms with Crippen molar-refractivity contribution < 1.29 is 47.5 Å². The third-order valence-electron chi connectivity index (χ3n) is 8.41. The maximum Gasteiger partial charge on any atom is 0.303 e. The van der Waals surface area contributed by atoms with Crippen LogP contribution in [-0.2, 0) is 54.1 Å². The molecule has 0 N–H and O–H groups in total. The minimum absolute atomic E-state index is 0.0997. The van der Waals surface area contributed by atoms with E-state index >= 15 is 0 Å². The molecule has 1 aromatic carbocycles. The summed E-state index contributed by atoms with van der Waals surface area (Å²) >= 11 is 0. The number of carbonyl (C=O) groups excluding carboxylic acids is 2. The van der Waals surface area contributed by atoms with E-state index in [1.54, 1.807) is 18.2 Å². The summed E-state index contributed by atoms with van der Waals surface area (Å²) in [6, 6.07) is 10.0. The van der Waals surface area contributed by atoms with Crippen LogP contribution in [0.1, 0.15) is 38.7 Å². The van der Waals surface area contributed by atoms with E-state index in [-0.39, 0.29) is 31.0 Å². The summed E-state index contributed by atoms with van der Waals surface area (Å²) in [5.41, 5.74) is 1.07. The number of benzene rings is 1. The van der Waals surface area contributed by atoms with Crippen LogP contribution in [0.2, 0.25) is 0 Å². The minimum Gasteiger partial charge on any atom is -0.463 e. The Bertz CT molecular complexity index is 1210. The van der Waals surface area contributed by atoms with Gasteiger partial charge in [0.05, 0.1) is 37.6 Å². The second kappa shape index (κ2) is 15.9. The number of ether oxygens (including phenoxy) is 8. The topological polar surface area (TPSA) is 108 Å². The third kappa shape index (κ3) is 8.58. The summed E-state index contributed by atoms with van der Waals surface area (Å²) in [6.45, 7) is 11.5. The molecule has 4 aliphatic heterocycles. The molecular weight excluding hydrogens is 580 g/mol. The molecule has 0 radical (unpaired) electrons. The highest BCUT2D eigenvalue weighted by atomic mass is 16.6. The lowest BCUT2D eigenvalue weighted by atomic mass is 9.86. The van der Waals surface area contributed by atoms with Gasteiger partial charge in [0, 0.05) is 20.3 Å². The average Bonchev–Trinajstić information content (AvgIpc) is 3.27. The van der Waals surface area contributed by atoms with Gasteiger partial charge in [-0.1, -0.05) is 60.7 Å². The molecule has 0 aromatic heterocycles. The monoisotopic (exact) mass is 624 g/mol. The van der Waals surface area contributed by atoms with Crippen molar-refractivity contribution in [2.75, 3.05) is 13.2 Å². The van der Waals surface area contributed by atoms with Gasteiger partial charge in [0.15, 0.2) is 0 Å². The quantitative estimate of drug-likeness (QED) is 0.278. The zero-order valence-corrected chi connectivity index (χ0v) is 25.9. The second-order valence-corrected chi connectivity index (χ2v) is 11.6. The van der Waals surface area contributed by atoms with E-state index in [0.717, 1.165) is 5.56 Å². The highest BCUT2D eigenvalue weighted by Gasteiger charge is 2.53. The number of carbonyl (C=O) groups is 2. The van der Waals surface area contributed by atoms with Crippen LogP contribution in [0.5, 0.6) is 0 Å². The minimum atomic E-state index is -0.755. The largest absolute Gasteiger partial charge is 0.463 e. The molecule has 45 heavy (non-hydrogen) atoms. The van der Waals surface area contributed by atoms with Gasteiger partial charge in [0.25, 0.3) is 0 Å². The van der Waals surface area contributed by atoms with Crippen molar-refractivity contribution in [1.29, 1.82) is 0 Å². The van der Waals surface area contributed by atoms with Crippen molar-refractivity contribution in [3.63, 3.8) is 0 Å². The van der Waals surface area contributed by atoms with Crippen molar-refractivity contribution in [3.05, 3.63) is 85.5 Å². The molecule has 0 spiro atoms. The van der Waals surface area contributed by atoms with E-state index in [1.807, 2.05) is 42.5 Å². The van der Waals surface area contributed by atoms with Crippen LogP contribution in [0.25, 0.3) is 0 Å². The van der Waals surface area contributed by atoms with Crippen molar-refractivity contribution >= 4 is 11.9 Å². The number of rotatable bonds is 10. The molecule has 10 nitrogen and oxygen atoms in total. The second-order valence-electron chi connectivity index (χ2n) is 11.6. The molecule has 0 aliphatic carbocycles. The van der Waals surface area contributed by atoms with E-state index in [2.05, 4.69) is 19.2 Å². The first-order valence-corrected chi connectivity index (χ1v) is 15.6. The fourth-order valence-corrected chi connectivity index (χ4v) is 6.31. The van der Waals surface area contributed by atoms with Crippen molar-refractivity contribution in [2.24, 2.45) is 0 Å². The predicted octanol–water partition coefficient (Wildman–Crippen LogP) is 4.18. The van der Waals surface area contributed by atoms with E-state index in [9.17, 15) is 9.59 Å². The summed E-state index contributed by atoms with van der Waals surface area (Å²) in [5, 5.41) is 0. The first kappa shape index (κ1) is 33.2. The molecule has 5 rings (SSSR count). The predicted molar refractivity (Wildman–Crippen MR) is 164 cm³/mol. The van der Waals surface area contributed by atoms with Gasteiger partial charge >= 0.3 is 11.9 Å². The highest BCUT2D eigenvalue weighted by molar-refractivity contribution is 5.66. The standard InChI is InChI=1S/C35H44O10/c1-5-25-27(16-12-17-28(41-23(4)37)32(42-25)21-39-22(3)36)43-30-19-31-34(45-26(30)6-2)35(40-20-24-13-8-7-9-14-24)33-29(44-31)15-10-11-18-38-33/h5-14,17,25-35H,1-2,15-16,18-21H2,3-4H3/b17-12-/t25-,26+,27+,28-,29-,30-,31+,32+,33-,34+,35+/m0/s1. The number of hydrogen-bond acceptors (Lipinski definition) is 10. The van der Waals surface area contributed by atoms with Gasteiger partial charge in [-0.05, 0) is 24.5 Å². The van der Waals surface area contributed by atoms with Gasteiger partial charge in [-0.2, -0.15) is 0 Å². The van der Waals surface area contributed by atoms with Gasteiger partial charge in [-0.15, -0.1) is 13.2 Å². The van der Waals surface area contributed by atoms with Gasteiger partial charge in [0.1, 0.15) is 49.3 Å². The maximum atomic E-state index is 11.8. The lowest BCUT2D eigenvalue weighted by Crippen LogP contribution is -2.64. The Kier molecular flexibility index (Phi) is 11.8. The van der Waals surface area contributed by atoms with E-state index in [0.29, 0.717) is 32.5 Å². The van der Waals surface area contributed by atoms with Crippen LogP contribution in [-0.4, -0.2) is 92.3 Å². The molecule has 1 aromatic rings. The van der Waals surface area contributed by atoms with Gasteiger partial charge in [-0.25, -0.2) is 0 Å². The number of hydrogen-bond donors (Lipinski definition) is 0. The molecule has 0 unspecified atom stereocenters. The normalized spacial score (nSPS) is 37.0. The number of esters is 2. The molecule has 0 saturated carbocycles. The van der Waals surface area contributed by atoms with Crippen LogP contribution in [0.15, 0.2) is 79.9 Å². The molecule has 244 valence electrons. The maximum absolute atomic E-state index is 11.8. The third-order valence-corrected chi connectivity index (χ3v) is 8.41. The molecule has 11 atom stereocenters. The lowest BCUT2D eigenvalue weighted by molar-refractivity contribution is -0.297. The SMILES string of the molecule is C=C[C@@H]1O[C@H](COC(C)=O)[C@@H](OC(C)=O)/C=C\C[C@H]1O[C@H]1C[C@H]2O[C@H]3CC=CCO[C@@H]3[C@@H](OCc3ccccc3)[C@@H]2O[C@@H]1C=C. The van der Waals surface area contributed by atoms with Crippen molar-refractivity contribution in [2.45, 2.75) is 107 Å². The van der Waals surface area contributed by atoms with Crippen molar-refractivity contribution in [3.8, 4) is 0 Å². The summed E-state index contributed by atoms with van der Waals surface area (Å²) in [4.78, 5) is 23.4. The first-order valence-electron chi connectivity index (χ1n) is 15.6. The molecular formula is C35H44O10. The Hall–Kier alpha value is -3.12. The molecule has 2 fully saturated rings.